The minimum Gasteiger partial charge on any atom is -0.478 e. The molecule has 1 saturated heterocycles. The Kier molecular flexibility index (Phi) is 4.16. The zero-order valence-corrected chi connectivity index (χ0v) is 10.3. The molecule has 1 atom stereocenters. The molecule has 1 aliphatic heterocycles. The summed E-state index contributed by atoms with van der Waals surface area (Å²) >= 11 is 0. The predicted octanol–water partition coefficient (Wildman–Crippen LogP) is 1.51. The highest BCUT2D eigenvalue weighted by molar-refractivity contribution is 5.87. The molecular formula is C14H14N2O3. The fraction of sp³-hybridized carbons (Fsp3) is 0.286. The summed E-state index contributed by atoms with van der Waals surface area (Å²) in [5.41, 5.74) is 1.74. The van der Waals surface area contributed by atoms with Gasteiger partial charge in [-0.25, -0.2) is 4.79 Å². The van der Waals surface area contributed by atoms with Crippen molar-refractivity contribution in [2.45, 2.75) is 6.10 Å². The van der Waals surface area contributed by atoms with Gasteiger partial charge in [0.2, 0.25) is 0 Å². The molecule has 1 fully saturated rings. The zero-order chi connectivity index (χ0) is 13.7. The number of carboxylic acids is 1. The van der Waals surface area contributed by atoms with Crippen LogP contribution in [0, 0.1) is 11.3 Å². The van der Waals surface area contributed by atoms with E-state index in [1.54, 1.807) is 6.08 Å². The highest BCUT2D eigenvalue weighted by atomic mass is 16.5. The molecule has 5 heteroatoms. The van der Waals surface area contributed by atoms with Crippen LogP contribution in [0.5, 0.6) is 0 Å². The lowest BCUT2D eigenvalue weighted by Crippen LogP contribution is -2.42. The third-order valence-corrected chi connectivity index (χ3v) is 2.89. The van der Waals surface area contributed by atoms with Gasteiger partial charge < -0.3 is 14.7 Å². The number of hydrogen-bond acceptors (Lipinski definition) is 4. The molecule has 1 aliphatic rings. The third kappa shape index (κ3) is 3.33. The van der Waals surface area contributed by atoms with E-state index in [0.717, 1.165) is 17.3 Å². The number of carbonyl (C=O) groups is 1. The van der Waals surface area contributed by atoms with Crippen molar-refractivity contribution < 1.29 is 14.6 Å². The fourth-order valence-electron chi connectivity index (χ4n) is 2.02. The van der Waals surface area contributed by atoms with Crippen molar-refractivity contribution in [1.82, 2.24) is 0 Å². The number of morpholine rings is 1. The first-order valence-corrected chi connectivity index (χ1v) is 5.97. The molecule has 5 nitrogen and oxygen atoms in total. The fourth-order valence-corrected chi connectivity index (χ4v) is 2.02. The largest absolute Gasteiger partial charge is 0.478 e. The molecule has 1 aromatic carbocycles. The molecule has 19 heavy (non-hydrogen) atoms. The summed E-state index contributed by atoms with van der Waals surface area (Å²) in [5, 5.41) is 17.6. The lowest BCUT2D eigenvalue weighted by Gasteiger charge is -2.32. The van der Waals surface area contributed by atoms with Crippen LogP contribution in [0.15, 0.2) is 30.3 Å². The van der Waals surface area contributed by atoms with Crippen LogP contribution in [0.3, 0.4) is 0 Å². The van der Waals surface area contributed by atoms with E-state index >= 15 is 0 Å². The van der Waals surface area contributed by atoms with E-state index < -0.39 is 12.1 Å². The molecule has 0 radical (unpaired) electrons. The van der Waals surface area contributed by atoms with Crippen LogP contribution in [0.2, 0.25) is 0 Å². The van der Waals surface area contributed by atoms with E-state index in [1.807, 2.05) is 29.2 Å². The lowest BCUT2D eigenvalue weighted by atomic mass is 10.1. The molecule has 0 bridgehead atoms. The first-order valence-electron chi connectivity index (χ1n) is 5.97. The quantitative estimate of drug-likeness (QED) is 0.832. The Morgan fingerprint density at radius 1 is 1.53 bits per heavy atom. The molecular weight excluding hydrogens is 244 g/mol. The topological polar surface area (TPSA) is 73.6 Å². The highest BCUT2D eigenvalue weighted by Crippen LogP contribution is 2.23. The van der Waals surface area contributed by atoms with Crippen LogP contribution >= 0.6 is 0 Å². The Labute approximate surface area is 111 Å². The lowest BCUT2D eigenvalue weighted by molar-refractivity contribution is -0.131. The van der Waals surface area contributed by atoms with Gasteiger partial charge in [-0.3, -0.25) is 0 Å². The third-order valence-electron chi connectivity index (χ3n) is 2.89. The number of anilines is 1. The summed E-state index contributed by atoms with van der Waals surface area (Å²) in [7, 11) is 0. The molecule has 98 valence electrons. The first kappa shape index (κ1) is 13.1. The Balaban J connectivity index is 2.24. The van der Waals surface area contributed by atoms with Crippen molar-refractivity contribution in [2.24, 2.45) is 0 Å². The van der Waals surface area contributed by atoms with Gasteiger partial charge in [-0.2, -0.15) is 5.26 Å². The minimum absolute atomic E-state index is 0.440. The summed E-state index contributed by atoms with van der Waals surface area (Å²) in [4.78, 5) is 12.6. The molecule has 1 aromatic rings. The van der Waals surface area contributed by atoms with Gasteiger partial charge in [0.1, 0.15) is 0 Å². The Morgan fingerprint density at radius 2 is 2.32 bits per heavy atom. The molecule has 1 heterocycles. The van der Waals surface area contributed by atoms with Gasteiger partial charge in [0.25, 0.3) is 0 Å². The standard InChI is InChI=1S/C14H14N2O3/c15-9-12-10-16(7-8-19-12)13-4-2-1-3-11(13)5-6-14(17)18/h1-6,12H,7-8,10H2,(H,17,18). The predicted molar refractivity (Wildman–Crippen MR) is 70.7 cm³/mol. The van der Waals surface area contributed by atoms with Gasteiger partial charge in [-0.15, -0.1) is 0 Å². The van der Waals surface area contributed by atoms with Crippen LogP contribution < -0.4 is 4.90 Å². The van der Waals surface area contributed by atoms with Gasteiger partial charge in [0.05, 0.1) is 19.2 Å². The van der Waals surface area contributed by atoms with Crippen LogP contribution in [-0.2, 0) is 9.53 Å². The SMILES string of the molecule is N#CC1CN(c2ccccc2C=CC(=O)O)CCO1. The van der Waals surface area contributed by atoms with Crippen molar-refractivity contribution in [3.8, 4) is 6.07 Å². The normalized spacial score (nSPS) is 19.3. The average Bonchev–Trinajstić information content (AvgIpc) is 2.45. The number of benzene rings is 1. The summed E-state index contributed by atoms with van der Waals surface area (Å²) in [6.45, 7) is 1.68. The van der Waals surface area contributed by atoms with Gasteiger partial charge in [0.15, 0.2) is 6.10 Å². The molecule has 0 amide bonds. The van der Waals surface area contributed by atoms with E-state index in [-0.39, 0.29) is 0 Å². The van der Waals surface area contributed by atoms with Crippen LogP contribution in [0.25, 0.3) is 6.08 Å². The number of rotatable bonds is 3. The number of ether oxygens (including phenoxy) is 1. The van der Waals surface area contributed by atoms with Crippen molar-refractivity contribution in [2.75, 3.05) is 24.6 Å². The number of hydrogen-bond donors (Lipinski definition) is 1. The molecule has 0 saturated carbocycles. The minimum atomic E-state index is -0.980. The smallest absolute Gasteiger partial charge is 0.328 e. The summed E-state index contributed by atoms with van der Waals surface area (Å²) in [6, 6.07) is 9.62. The van der Waals surface area contributed by atoms with E-state index in [4.69, 9.17) is 15.1 Å². The molecule has 0 aromatic heterocycles. The highest BCUT2D eigenvalue weighted by Gasteiger charge is 2.21. The van der Waals surface area contributed by atoms with Crippen LogP contribution in [-0.4, -0.2) is 36.9 Å². The van der Waals surface area contributed by atoms with Crippen molar-refractivity contribution >= 4 is 17.7 Å². The maximum Gasteiger partial charge on any atom is 0.328 e. The Hall–Kier alpha value is -2.32. The number of nitriles is 1. The second-order valence-electron chi connectivity index (χ2n) is 4.16. The summed E-state index contributed by atoms with van der Waals surface area (Å²) in [5.74, 6) is -0.980. The summed E-state index contributed by atoms with van der Waals surface area (Å²) in [6.07, 6.45) is 2.24. The summed E-state index contributed by atoms with van der Waals surface area (Å²) < 4.78 is 5.30. The van der Waals surface area contributed by atoms with Crippen molar-refractivity contribution in [3.63, 3.8) is 0 Å². The second kappa shape index (κ2) is 6.03. The van der Waals surface area contributed by atoms with Crippen molar-refractivity contribution in [1.29, 1.82) is 5.26 Å². The van der Waals surface area contributed by atoms with E-state index in [0.29, 0.717) is 19.7 Å². The second-order valence-corrected chi connectivity index (χ2v) is 4.16. The van der Waals surface area contributed by atoms with Gasteiger partial charge >= 0.3 is 5.97 Å². The monoisotopic (exact) mass is 258 g/mol. The van der Waals surface area contributed by atoms with Crippen LogP contribution in [0.4, 0.5) is 5.69 Å². The van der Waals surface area contributed by atoms with Crippen molar-refractivity contribution in [3.05, 3.63) is 35.9 Å². The Bertz CT molecular complexity index is 534. The molecule has 2 rings (SSSR count). The van der Waals surface area contributed by atoms with Crippen LogP contribution in [0.1, 0.15) is 5.56 Å². The van der Waals surface area contributed by atoms with E-state index in [2.05, 4.69) is 6.07 Å². The molecule has 1 N–H and O–H groups in total. The van der Waals surface area contributed by atoms with Gasteiger partial charge in [0, 0.05) is 18.3 Å². The maximum absolute atomic E-state index is 10.6. The molecule has 0 aliphatic carbocycles. The Morgan fingerprint density at radius 3 is 3.05 bits per heavy atom. The number of nitrogens with zero attached hydrogens (tertiary/aromatic N) is 2. The zero-order valence-electron chi connectivity index (χ0n) is 10.3. The number of carboxylic acid groups (broad SMARTS) is 1. The van der Waals surface area contributed by atoms with E-state index in [9.17, 15) is 4.79 Å². The maximum atomic E-state index is 10.6. The van der Waals surface area contributed by atoms with E-state index in [1.165, 1.54) is 0 Å². The molecule has 0 spiro atoms. The number of aliphatic carboxylic acids is 1. The average molecular weight is 258 g/mol. The van der Waals surface area contributed by atoms with Gasteiger partial charge in [-0.1, -0.05) is 18.2 Å². The number of para-hydroxylation sites is 1. The first-order chi connectivity index (χ1) is 9.20. The molecule has 1 unspecified atom stereocenters. The van der Waals surface area contributed by atoms with Gasteiger partial charge in [-0.05, 0) is 17.7 Å².